The zero-order valence-electron chi connectivity index (χ0n) is 36.3. The molecule has 4 rings (SSSR count). The second kappa shape index (κ2) is 30.3. The van der Waals surface area contributed by atoms with Crippen molar-refractivity contribution in [2.45, 2.75) is 165 Å². The molecule has 0 aliphatic heterocycles. The Hall–Kier alpha value is -2.84. The van der Waals surface area contributed by atoms with Crippen LogP contribution in [-0.2, 0) is 33.1 Å². The average molecular weight is 907 g/mol. The van der Waals surface area contributed by atoms with Gasteiger partial charge in [0.05, 0.1) is 4.90 Å². The molecular weight excluding hydrogens is 841 g/mol. The van der Waals surface area contributed by atoms with E-state index in [1.165, 1.54) is 102 Å². The van der Waals surface area contributed by atoms with E-state index in [0.717, 1.165) is 51.0 Å². The molecule has 0 amide bonds. The third-order valence-electron chi connectivity index (χ3n) is 10.4. The molecule has 0 fully saturated rings. The Morgan fingerprint density at radius 1 is 0.508 bits per heavy atom. The summed E-state index contributed by atoms with van der Waals surface area (Å²) in [6.45, 7) is 4.43. The van der Waals surface area contributed by atoms with Crippen molar-refractivity contribution in [2.75, 3.05) is 0 Å². The van der Waals surface area contributed by atoms with Crippen LogP contribution in [-0.4, -0.2) is 68.8 Å². The van der Waals surface area contributed by atoms with Gasteiger partial charge in [-0.3, -0.25) is 4.55 Å². The van der Waals surface area contributed by atoms with E-state index in [1.54, 1.807) is 54.6 Å². The van der Waals surface area contributed by atoms with Gasteiger partial charge in [-0.05, 0) is 73.2 Å². The number of phenolic OH excluding ortho intramolecular Hbond substituents is 1. The predicted octanol–water partition coefficient (Wildman–Crippen LogP) is 12.4. The Balaban J connectivity index is 0.000000413. The quantitative estimate of drug-likeness (QED) is 0.0317. The van der Waals surface area contributed by atoms with E-state index in [2.05, 4.69) is 13.8 Å². The monoisotopic (exact) mass is 906 g/mol. The molecule has 4 aromatic carbocycles. The van der Waals surface area contributed by atoms with Gasteiger partial charge in [0.1, 0.15) is 32.3 Å². The number of aryl methyl sites for hydroxylation is 2. The van der Waals surface area contributed by atoms with Crippen molar-refractivity contribution < 1.29 is 45.6 Å². The van der Waals surface area contributed by atoms with Crippen molar-refractivity contribution in [1.29, 1.82) is 0 Å². The van der Waals surface area contributed by atoms with Gasteiger partial charge in [-0.1, -0.05) is 178 Å². The van der Waals surface area contributed by atoms with Crippen LogP contribution < -0.4 is 14.6 Å². The fourth-order valence-corrected chi connectivity index (χ4v) is 8.52. The predicted molar refractivity (Wildman–Crippen MR) is 242 cm³/mol. The van der Waals surface area contributed by atoms with Crippen LogP contribution >= 0.6 is 0 Å². The molecule has 0 atom stereocenters. The van der Waals surface area contributed by atoms with Crippen LogP contribution in [0.25, 0.3) is 0 Å². The molecule has 2 N–H and O–H groups in total. The van der Waals surface area contributed by atoms with Crippen LogP contribution in [0.1, 0.15) is 153 Å². The van der Waals surface area contributed by atoms with Crippen LogP contribution in [0.2, 0.25) is 0 Å². The van der Waals surface area contributed by atoms with Crippen molar-refractivity contribution >= 4 is 58.0 Å². The number of rotatable bonds is 28. The van der Waals surface area contributed by atoms with Crippen molar-refractivity contribution in [1.82, 2.24) is 0 Å². The molecule has 10 nitrogen and oxygen atoms in total. The molecule has 0 bridgehead atoms. The molecule has 4 aromatic rings. The minimum absolute atomic E-state index is 0. The standard InChI is InChI=1S/2C24H34O5S.Ca/c2*1-2-3-4-5-6-7-8-9-10-12-15-20-18-22(25)23(19-24(20)30(26,27)28)29-21-16-13-11-14-17-21;/h2*11,13-14,16-19,25H,2-10,12,15H2,1H3,(H,26,27,28);/q;;+2/p-2. The molecule has 13 heteroatoms. The Kier molecular flexibility index (Phi) is 27.0. The number of hydrogen-bond donors (Lipinski definition) is 2. The minimum atomic E-state index is -4.70. The Morgan fingerprint density at radius 2 is 0.869 bits per heavy atom. The number of unbranched alkanes of at least 4 members (excludes halogenated alkanes) is 18. The Morgan fingerprint density at radius 3 is 1.26 bits per heavy atom. The smallest absolute Gasteiger partial charge is 0.870 e. The topological polar surface area (TPSA) is 173 Å². The summed E-state index contributed by atoms with van der Waals surface area (Å²) in [5, 5.41) is 22.7. The maximum atomic E-state index is 12.4. The number of phenols is 1. The van der Waals surface area contributed by atoms with Crippen LogP contribution in [0.5, 0.6) is 34.5 Å². The molecule has 0 spiro atoms. The molecule has 0 aromatic heterocycles. The van der Waals surface area contributed by atoms with Crippen molar-refractivity contribution in [3.05, 3.63) is 96.1 Å². The molecule has 61 heavy (non-hydrogen) atoms. The van der Waals surface area contributed by atoms with Crippen molar-refractivity contribution in [2.24, 2.45) is 0 Å². The molecule has 0 aliphatic rings. The summed E-state index contributed by atoms with van der Waals surface area (Å²) in [4.78, 5) is -0.564. The molecular formula is C48H66CaO10S2. The summed E-state index contributed by atoms with van der Waals surface area (Å²) in [6.07, 6.45) is 24.3. The molecule has 0 heterocycles. The van der Waals surface area contributed by atoms with Gasteiger partial charge in [0.15, 0.2) is 11.5 Å². The van der Waals surface area contributed by atoms with Gasteiger partial charge in [0, 0.05) is 6.07 Å². The third kappa shape index (κ3) is 21.9. The summed E-state index contributed by atoms with van der Waals surface area (Å²) in [6, 6.07) is 22.2. The molecule has 0 aliphatic carbocycles. The first-order valence-electron chi connectivity index (χ1n) is 21.9. The van der Waals surface area contributed by atoms with Gasteiger partial charge >= 0.3 is 37.7 Å². The largest absolute Gasteiger partial charge is 2.00 e. The Labute approximate surface area is 396 Å². The first kappa shape index (κ1) is 54.3. The van der Waals surface area contributed by atoms with Crippen LogP contribution in [0, 0.1) is 0 Å². The zero-order valence-corrected chi connectivity index (χ0v) is 40.2. The van der Waals surface area contributed by atoms with E-state index >= 15 is 0 Å². The zero-order chi connectivity index (χ0) is 43.6. The van der Waals surface area contributed by atoms with Crippen LogP contribution in [0.15, 0.2) is 94.7 Å². The van der Waals surface area contributed by atoms with E-state index < -0.39 is 26.0 Å². The van der Waals surface area contributed by atoms with E-state index in [-0.39, 0.29) is 70.3 Å². The van der Waals surface area contributed by atoms with E-state index in [1.807, 2.05) is 6.07 Å². The Bertz CT molecular complexity index is 1880. The van der Waals surface area contributed by atoms with E-state index in [9.17, 15) is 36.2 Å². The van der Waals surface area contributed by atoms with Gasteiger partial charge in [0.25, 0.3) is 10.1 Å². The van der Waals surface area contributed by atoms with E-state index in [4.69, 9.17) is 9.47 Å². The average Bonchev–Trinajstić information content (AvgIpc) is 3.21. The number of aromatic hydroxyl groups is 1. The molecule has 0 saturated heterocycles. The molecule has 332 valence electrons. The third-order valence-corrected chi connectivity index (χ3v) is 12.2. The SMILES string of the molecule is CCCCCCCCCCCCc1cc(O)c(Oc2ccccc2)cc1S(=O)(=O)O.CCCCCCCCCCCCc1cc([O-])c(Oc2ccccc2)cc1S(=O)(=O)[O-].[Ca+2]. The van der Waals surface area contributed by atoms with Crippen LogP contribution in [0.3, 0.4) is 0 Å². The molecule has 0 unspecified atom stereocenters. The maximum absolute atomic E-state index is 12.4. The molecule has 0 radical (unpaired) electrons. The fourth-order valence-electron chi connectivity index (χ4n) is 7.04. The first-order chi connectivity index (χ1) is 28.8. The van der Waals surface area contributed by atoms with Crippen molar-refractivity contribution in [3.63, 3.8) is 0 Å². The first-order valence-corrected chi connectivity index (χ1v) is 24.8. The van der Waals surface area contributed by atoms with Gasteiger partial charge in [-0.2, -0.15) is 8.42 Å². The van der Waals surface area contributed by atoms with Gasteiger partial charge in [-0.25, -0.2) is 8.42 Å². The number of hydrogen-bond acceptors (Lipinski definition) is 9. The summed E-state index contributed by atoms with van der Waals surface area (Å²) in [5.74, 6) is 0.160. The minimum Gasteiger partial charge on any atom is -0.870 e. The van der Waals surface area contributed by atoms with Gasteiger partial charge in [0.2, 0.25) is 0 Å². The number of para-hydroxylation sites is 2. The summed E-state index contributed by atoms with van der Waals surface area (Å²) in [5.41, 5.74) is 0.699. The summed E-state index contributed by atoms with van der Waals surface area (Å²) >= 11 is 0. The normalized spacial score (nSPS) is 11.3. The van der Waals surface area contributed by atoms with Crippen LogP contribution in [0.4, 0.5) is 0 Å². The number of benzene rings is 4. The van der Waals surface area contributed by atoms with Crippen molar-refractivity contribution in [3.8, 4) is 34.5 Å². The second-order valence-electron chi connectivity index (χ2n) is 15.5. The second-order valence-corrected chi connectivity index (χ2v) is 18.2. The maximum Gasteiger partial charge on any atom is 2.00 e. The summed E-state index contributed by atoms with van der Waals surface area (Å²) in [7, 11) is -9.11. The molecule has 0 saturated carbocycles. The van der Waals surface area contributed by atoms with E-state index in [0.29, 0.717) is 29.9 Å². The fraction of sp³-hybridized carbons (Fsp3) is 0.500. The summed E-state index contributed by atoms with van der Waals surface area (Å²) < 4.78 is 79.7. The van der Waals surface area contributed by atoms with Gasteiger partial charge in [-0.15, -0.1) is 0 Å². The number of ether oxygens (including phenoxy) is 2. The van der Waals surface area contributed by atoms with Gasteiger partial charge < -0.3 is 24.2 Å².